The summed E-state index contributed by atoms with van der Waals surface area (Å²) in [6.45, 7) is 4.30. The third-order valence-corrected chi connectivity index (χ3v) is 5.46. The first-order valence-corrected chi connectivity index (χ1v) is 9.09. The molecule has 0 radical (unpaired) electrons. The molecule has 1 amide bonds. The van der Waals surface area contributed by atoms with Crippen molar-refractivity contribution in [1.29, 1.82) is 0 Å². The maximum absolute atomic E-state index is 13.2. The van der Waals surface area contributed by atoms with Crippen molar-refractivity contribution >= 4 is 17.5 Å². The van der Waals surface area contributed by atoms with Crippen molar-refractivity contribution in [3.05, 3.63) is 34.6 Å². The lowest BCUT2D eigenvalue weighted by atomic mass is 9.98. The molecule has 6 heteroatoms. The summed E-state index contributed by atoms with van der Waals surface area (Å²) in [5.74, 6) is -0.675. The fourth-order valence-corrected chi connectivity index (χ4v) is 3.90. The van der Waals surface area contributed by atoms with Gasteiger partial charge in [-0.15, -0.1) is 0 Å². The molecule has 2 aliphatic heterocycles. The number of nitrogens with one attached hydrogen (secondary N) is 1. The summed E-state index contributed by atoms with van der Waals surface area (Å²) in [5, 5.41) is 3.07. The van der Waals surface area contributed by atoms with Gasteiger partial charge in [0.15, 0.2) is 0 Å². The zero-order valence-electron chi connectivity index (χ0n) is 14.1. The van der Waals surface area contributed by atoms with Crippen molar-refractivity contribution in [2.24, 2.45) is 0 Å². The number of hydrogen-bond acceptors (Lipinski definition) is 3. The van der Waals surface area contributed by atoms with Crippen molar-refractivity contribution in [2.75, 3.05) is 33.2 Å². The van der Waals surface area contributed by atoms with E-state index in [-0.39, 0.29) is 17.0 Å². The van der Waals surface area contributed by atoms with Crippen LogP contribution in [-0.2, 0) is 0 Å². The van der Waals surface area contributed by atoms with Gasteiger partial charge in [0, 0.05) is 24.2 Å². The molecule has 132 valence electrons. The molecule has 1 N–H and O–H groups in total. The average Bonchev–Trinajstić information content (AvgIpc) is 2.58. The van der Waals surface area contributed by atoms with Crippen molar-refractivity contribution < 1.29 is 9.18 Å². The number of likely N-dealkylation sites (tertiary alicyclic amines) is 2. The van der Waals surface area contributed by atoms with Gasteiger partial charge in [0.05, 0.1) is 5.02 Å². The van der Waals surface area contributed by atoms with Gasteiger partial charge in [-0.05, 0) is 70.6 Å². The van der Waals surface area contributed by atoms with E-state index in [4.69, 9.17) is 11.6 Å². The van der Waals surface area contributed by atoms with Crippen LogP contribution < -0.4 is 5.32 Å². The average molecular weight is 354 g/mol. The molecule has 2 fully saturated rings. The summed E-state index contributed by atoms with van der Waals surface area (Å²) >= 11 is 5.77. The minimum atomic E-state index is -0.501. The molecule has 1 aromatic rings. The van der Waals surface area contributed by atoms with Crippen LogP contribution in [0.1, 0.15) is 36.0 Å². The standard InChI is InChI=1S/C18H25ClFN3O/c1-22-9-6-15(7-10-22)23-8-2-3-14(12-23)21-18(24)13-4-5-17(20)16(19)11-13/h4-5,11,14-15H,2-3,6-10,12H2,1H3,(H,21,24)/t14-/m0/s1. The highest BCUT2D eigenvalue weighted by Crippen LogP contribution is 2.21. The normalized spacial score (nSPS) is 24.0. The fraction of sp³-hybridized carbons (Fsp3) is 0.611. The number of halogens is 2. The van der Waals surface area contributed by atoms with E-state index in [2.05, 4.69) is 22.2 Å². The zero-order chi connectivity index (χ0) is 17.1. The Morgan fingerprint density at radius 2 is 2.00 bits per heavy atom. The van der Waals surface area contributed by atoms with Gasteiger partial charge in [0.1, 0.15) is 5.82 Å². The first-order valence-electron chi connectivity index (χ1n) is 8.71. The van der Waals surface area contributed by atoms with Crippen molar-refractivity contribution in [3.63, 3.8) is 0 Å². The van der Waals surface area contributed by atoms with E-state index < -0.39 is 5.82 Å². The Balaban J connectivity index is 1.56. The smallest absolute Gasteiger partial charge is 0.251 e. The minimum absolute atomic E-state index is 0.0146. The van der Waals surface area contributed by atoms with Crippen LogP contribution in [0.25, 0.3) is 0 Å². The quantitative estimate of drug-likeness (QED) is 0.907. The molecule has 0 aromatic heterocycles. The van der Waals surface area contributed by atoms with Crippen LogP contribution in [0.4, 0.5) is 4.39 Å². The van der Waals surface area contributed by atoms with Gasteiger partial charge >= 0.3 is 0 Å². The van der Waals surface area contributed by atoms with Crippen LogP contribution in [0.15, 0.2) is 18.2 Å². The van der Waals surface area contributed by atoms with E-state index >= 15 is 0 Å². The highest BCUT2D eigenvalue weighted by atomic mass is 35.5. The van der Waals surface area contributed by atoms with E-state index in [1.165, 1.54) is 31.0 Å². The maximum Gasteiger partial charge on any atom is 0.251 e. The summed E-state index contributed by atoms with van der Waals surface area (Å²) in [7, 11) is 2.17. The number of hydrogen-bond donors (Lipinski definition) is 1. The Morgan fingerprint density at radius 3 is 2.71 bits per heavy atom. The first kappa shape index (κ1) is 17.6. The Morgan fingerprint density at radius 1 is 1.25 bits per heavy atom. The summed E-state index contributed by atoms with van der Waals surface area (Å²) < 4.78 is 13.2. The summed E-state index contributed by atoms with van der Waals surface area (Å²) in [4.78, 5) is 17.3. The maximum atomic E-state index is 13.2. The molecule has 2 aliphatic rings. The van der Waals surface area contributed by atoms with Crippen molar-refractivity contribution in [3.8, 4) is 0 Å². The predicted molar refractivity (Wildman–Crippen MR) is 94.0 cm³/mol. The Bertz CT molecular complexity index is 590. The number of benzene rings is 1. The Labute approximate surface area is 147 Å². The molecule has 0 aliphatic carbocycles. The van der Waals surface area contributed by atoms with Gasteiger partial charge in [-0.3, -0.25) is 9.69 Å². The van der Waals surface area contributed by atoms with E-state index in [0.29, 0.717) is 11.6 Å². The van der Waals surface area contributed by atoms with Gasteiger partial charge in [0.25, 0.3) is 5.91 Å². The topological polar surface area (TPSA) is 35.6 Å². The molecular formula is C18H25ClFN3O. The van der Waals surface area contributed by atoms with Gasteiger partial charge in [-0.1, -0.05) is 11.6 Å². The molecule has 24 heavy (non-hydrogen) atoms. The summed E-state index contributed by atoms with van der Waals surface area (Å²) in [5.41, 5.74) is 0.415. The van der Waals surface area contributed by atoms with Crippen LogP contribution in [-0.4, -0.2) is 61.0 Å². The second kappa shape index (κ2) is 7.81. The van der Waals surface area contributed by atoms with Gasteiger partial charge in [0.2, 0.25) is 0 Å². The van der Waals surface area contributed by atoms with Gasteiger partial charge < -0.3 is 10.2 Å². The molecule has 0 unspecified atom stereocenters. The lowest BCUT2D eigenvalue weighted by molar-refractivity contribution is 0.0766. The molecule has 0 spiro atoms. The van der Waals surface area contributed by atoms with E-state index in [1.807, 2.05) is 0 Å². The SMILES string of the molecule is CN1CCC(N2CCC[C@H](NC(=O)c3ccc(F)c(Cl)c3)C2)CC1. The molecule has 1 atom stereocenters. The van der Waals surface area contributed by atoms with Crippen molar-refractivity contribution in [2.45, 2.75) is 37.8 Å². The Kier molecular flexibility index (Phi) is 5.74. The summed E-state index contributed by atoms with van der Waals surface area (Å²) in [6.07, 6.45) is 4.49. The van der Waals surface area contributed by atoms with Crippen molar-refractivity contribution in [1.82, 2.24) is 15.1 Å². The second-order valence-corrected chi connectivity index (χ2v) is 7.38. The molecule has 3 rings (SSSR count). The highest BCUT2D eigenvalue weighted by molar-refractivity contribution is 6.31. The number of carbonyl (C=O) groups excluding carboxylic acids is 1. The molecule has 4 nitrogen and oxygen atoms in total. The Hall–Kier alpha value is -1.17. The molecule has 2 heterocycles. The van der Waals surface area contributed by atoms with Crippen LogP contribution in [0, 0.1) is 5.82 Å². The molecule has 1 aromatic carbocycles. The second-order valence-electron chi connectivity index (χ2n) is 6.97. The highest BCUT2D eigenvalue weighted by Gasteiger charge is 2.28. The van der Waals surface area contributed by atoms with Crippen LogP contribution in [0.3, 0.4) is 0 Å². The zero-order valence-corrected chi connectivity index (χ0v) is 14.9. The lowest BCUT2D eigenvalue weighted by Gasteiger charge is -2.41. The van der Waals surface area contributed by atoms with E-state index in [0.717, 1.165) is 39.0 Å². The van der Waals surface area contributed by atoms with Crippen LogP contribution in [0.5, 0.6) is 0 Å². The molecule has 0 bridgehead atoms. The van der Waals surface area contributed by atoms with Gasteiger partial charge in [-0.2, -0.15) is 0 Å². The lowest BCUT2D eigenvalue weighted by Crippen LogP contribution is -2.53. The third-order valence-electron chi connectivity index (χ3n) is 5.17. The van der Waals surface area contributed by atoms with Crippen LogP contribution in [0.2, 0.25) is 5.02 Å². The molecular weight excluding hydrogens is 329 g/mol. The molecule has 0 saturated carbocycles. The van der Waals surface area contributed by atoms with E-state index in [9.17, 15) is 9.18 Å². The van der Waals surface area contributed by atoms with Crippen LogP contribution >= 0.6 is 11.6 Å². The summed E-state index contributed by atoms with van der Waals surface area (Å²) in [6, 6.07) is 4.89. The third kappa shape index (κ3) is 4.26. The number of carbonyl (C=O) groups is 1. The number of nitrogens with zero attached hydrogens (tertiary/aromatic N) is 2. The monoisotopic (exact) mass is 353 g/mol. The largest absolute Gasteiger partial charge is 0.348 e. The number of piperidine rings is 2. The first-order chi connectivity index (χ1) is 11.5. The van der Waals surface area contributed by atoms with Gasteiger partial charge in [-0.25, -0.2) is 4.39 Å². The fourth-order valence-electron chi connectivity index (χ4n) is 3.72. The number of rotatable bonds is 3. The predicted octanol–water partition coefficient (Wildman–Crippen LogP) is 2.77. The minimum Gasteiger partial charge on any atom is -0.348 e. The number of amides is 1. The van der Waals surface area contributed by atoms with E-state index in [1.54, 1.807) is 0 Å². The molecule has 2 saturated heterocycles.